The first-order chi connectivity index (χ1) is 14.5. The van der Waals surface area contributed by atoms with Crippen LogP contribution in [0.3, 0.4) is 0 Å². The number of ether oxygens (including phenoxy) is 1. The van der Waals surface area contributed by atoms with Crippen molar-refractivity contribution in [1.29, 1.82) is 0 Å². The van der Waals surface area contributed by atoms with E-state index in [1.807, 2.05) is 56.3 Å². The van der Waals surface area contributed by atoms with Crippen LogP contribution in [0, 0.1) is 6.92 Å². The van der Waals surface area contributed by atoms with Crippen molar-refractivity contribution in [1.82, 2.24) is 15.5 Å². The summed E-state index contributed by atoms with van der Waals surface area (Å²) in [4.78, 5) is 0. The summed E-state index contributed by atoms with van der Waals surface area (Å²) >= 11 is 12.7. The molecule has 0 bridgehead atoms. The van der Waals surface area contributed by atoms with E-state index in [4.69, 9.17) is 32.4 Å². The summed E-state index contributed by atoms with van der Waals surface area (Å²) < 4.78 is 11.6. The number of hydrogen-bond acceptors (Lipinski definition) is 5. The molecule has 0 saturated carbocycles. The molecule has 1 aromatic heterocycles. The summed E-state index contributed by atoms with van der Waals surface area (Å²) in [5.74, 6) is 1.09. The van der Waals surface area contributed by atoms with Gasteiger partial charge in [-0.3, -0.25) is 0 Å². The molecule has 0 amide bonds. The smallest absolute Gasteiger partial charge is 0.247 e. The Morgan fingerprint density at radius 1 is 1.07 bits per heavy atom. The number of nitrogens with one attached hydrogen (secondary N) is 1. The van der Waals surface area contributed by atoms with Crippen LogP contribution in [-0.2, 0) is 10.2 Å². The minimum absolute atomic E-state index is 0.0949. The van der Waals surface area contributed by atoms with Gasteiger partial charge in [0.25, 0.3) is 0 Å². The van der Waals surface area contributed by atoms with Crippen LogP contribution in [0.1, 0.15) is 42.8 Å². The van der Waals surface area contributed by atoms with Crippen LogP contribution in [0.25, 0.3) is 11.5 Å². The van der Waals surface area contributed by atoms with Gasteiger partial charge in [-0.05, 0) is 56.5 Å². The fraction of sp³-hybridized carbons (Fsp3) is 0.391. The Bertz CT molecular complexity index is 998. The fourth-order valence-corrected chi connectivity index (χ4v) is 4.49. The van der Waals surface area contributed by atoms with Crippen molar-refractivity contribution >= 4 is 23.2 Å². The van der Waals surface area contributed by atoms with Crippen LogP contribution < -0.4 is 5.32 Å². The molecule has 5 nitrogen and oxygen atoms in total. The third-order valence-corrected chi connectivity index (χ3v) is 6.36. The Kier molecular flexibility index (Phi) is 6.44. The molecule has 1 unspecified atom stereocenters. The first-order valence-corrected chi connectivity index (χ1v) is 10.9. The molecular formula is C23H25Cl2N3O2. The lowest BCUT2D eigenvalue weighted by Gasteiger charge is -2.39. The van der Waals surface area contributed by atoms with Crippen molar-refractivity contribution in [3.63, 3.8) is 0 Å². The van der Waals surface area contributed by atoms with Crippen molar-refractivity contribution in [2.75, 3.05) is 19.8 Å². The number of aryl methyl sites for hydroxylation is 1. The van der Waals surface area contributed by atoms with Crippen molar-refractivity contribution in [2.24, 2.45) is 0 Å². The predicted molar refractivity (Wildman–Crippen MR) is 119 cm³/mol. The summed E-state index contributed by atoms with van der Waals surface area (Å²) in [6.45, 7) is 6.21. The summed E-state index contributed by atoms with van der Waals surface area (Å²) in [6.07, 6.45) is 1.76. The molecule has 2 heterocycles. The van der Waals surface area contributed by atoms with E-state index in [9.17, 15) is 0 Å². The summed E-state index contributed by atoms with van der Waals surface area (Å²) in [6, 6.07) is 13.7. The van der Waals surface area contributed by atoms with Crippen LogP contribution >= 0.6 is 23.2 Å². The van der Waals surface area contributed by atoms with E-state index >= 15 is 0 Å². The van der Waals surface area contributed by atoms with Crippen LogP contribution in [-0.4, -0.2) is 30.0 Å². The molecule has 1 aliphatic rings. The molecule has 7 heteroatoms. The molecule has 4 rings (SSSR count). The van der Waals surface area contributed by atoms with Crippen LogP contribution in [0.2, 0.25) is 10.0 Å². The van der Waals surface area contributed by atoms with Crippen LogP contribution in [0.15, 0.2) is 46.9 Å². The monoisotopic (exact) mass is 445 g/mol. The summed E-state index contributed by atoms with van der Waals surface area (Å²) in [5.41, 5.74) is 3.08. The maximum absolute atomic E-state index is 6.57. The van der Waals surface area contributed by atoms with Gasteiger partial charge in [-0.1, -0.05) is 47.0 Å². The molecular weight excluding hydrogens is 421 g/mol. The summed E-state index contributed by atoms with van der Waals surface area (Å²) in [5, 5.41) is 13.4. The topological polar surface area (TPSA) is 60.2 Å². The van der Waals surface area contributed by atoms with E-state index in [0.29, 0.717) is 35.0 Å². The maximum atomic E-state index is 6.57. The molecule has 1 N–H and O–H groups in total. The second kappa shape index (κ2) is 9.06. The predicted octanol–water partition coefficient (Wildman–Crippen LogP) is 5.75. The lowest BCUT2D eigenvalue weighted by atomic mass is 9.74. The number of nitrogens with zero attached hydrogens (tertiary/aromatic N) is 2. The van der Waals surface area contributed by atoms with Crippen molar-refractivity contribution in [2.45, 2.75) is 38.1 Å². The van der Waals surface area contributed by atoms with Crippen LogP contribution in [0.4, 0.5) is 0 Å². The number of aromatic nitrogens is 2. The molecule has 30 heavy (non-hydrogen) atoms. The molecule has 1 atom stereocenters. The van der Waals surface area contributed by atoms with Gasteiger partial charge in [0.05, 0.1) is 6.04 Å². The van der Waals surface area contributed by atoms with E-state index in [2.05, 4.69) is 15.5 Å². The second-order valence-electron chi connectivity index (χ2n) is 7.93. The highest BCUT2D eigenvalue weighted by Gasteiger charge is 2.36. The zero-order valence-electron chi connectivity index (χ0n) is 17.1. The molecule has 1 aliphatic heterocycles. The van der Waals surface area contributed by atoms with Gasteiger partial charge in [-0.15, -0.1) is 10.2 Å². The largest absolute Gasteiger partial charge is 0.419 e. The highest BCUT2D eigenvalue weighted by atomic mass is 35.5. The Morgan fingerprint density at radius 2 is 1.80 bits per heavy atom. The molecule has 0 spiro atoms. The quantitative estimate of drug-likeness (QED) is 0.523. The van der Waals surface area contributed by atoms with Gasteiger partial charge >= 0.3 is 0 Å². The van der Waals surface area contributed by atoms with Gasteiger partial charge in [0, 0.05) is 40.8 Å². The fourth-order valence-electron chi connectivity index (χ4n) is 3.88. The zero-order chi connectivity index (χ0) is 21.1. The van der Waals surface area contributed by atoms with Crippen molar-refractivity contribution in [3.05, 3.63) is 69.5 Å². The zero-order valence-corrected chi connectivity index (χ0v) is 18.6. The van der Waals surface area contributed by atoms with E-state index < -0.39 is 0 Å². The minimum Gasteiger partial charge on any atom is -0.419 e. The van der Waals surface area contributed by atoms with E-state index in [1.165, 1.54) is 5.56 Å². The van der Waals surface area contributed by atoms with Gasteiger partial charge < -0.3 is 14.5 Å². The molecule has 158 valence electrons. The van der Waals surface area contributed by atoms with Crippen LogP contribution in [0.5, 0.6) is 0 Å². The Labute approximate surface area is 186 Å². The van der Waals surface area contributed by atoms with E-state index in [1.54, 1.807) is 0 Å². The number of hydrogen-bond donors (Lipinski definition) is 1. The highest BCUT2D eigenvalue weighted by Crippen LogP contribution is 2.39. The molecule has 0 radical (unpaired) electrons. The maximum Gasteiger partial charge on any atom is 0.247 e. The van der Waals surface area contributed by atoms with Gasteiger partial charge in [0.15, 0.2) is 0 Å². The molecule has 0 aliphatic carbocycles. The third kappa shape index (κ3) is 4.54. The highest BCUT2D eigenvalue weighted by molar-refractivity contribution is 6.35. The first kappa shape index (κ1) is 21.3. The third-order valence-electron chi connectivity index (χ3n) is 5.81. The van der Waals surface area contributed by atoms with Gasteiger partial charge in [-0.25, -0.2) is 0 Å². The average Bonchev–Trinajstić information content (AvgIpc) is 3.23. The lowest BCUT2D eigenvalue weighted by molar-refractivity contribution is 0.0488. The summed E-state index contributed by atoms with van der Waals surface area (Å²) in [7, 11) is 0. The number of halogens is 2. The first-order valence-electron chi connectivity index (χ1n) is 10.1. The Balaban J connectivity index is 1.50. The normalized spacial score (nSPS) is 17.1. The minimum atomic E-state index is -0.131. The van der Waals surface area contributed by atoms with Gasteiger partial charge in [-0.2, -0.15) is 0 Å². The number of benzene rings is 2. The Morgan fingerprint density at radius 3 is 2.50 bits per heavy atom. The Hall–Kier alpha value is -1.92. The number of rotatable bonds is 6. The molecule has 1 fully saturated rings. The lowest BCUT2D eigenvalue weighted by Crippen LogP contribution is -2.43. The standard InChI is InChI=1S/C23H25Cl2N3O2/c1-15-3-5-17(6-4-15)22-28-27-21(30-22)16(2)26-14-23(9-11-29-12-10-23)19-8-7-18(24)13-20(19)25/h3-8,13,16,26H,9-12,14H2,1-2H3. The SMILES string of the molecule is Cc1ccc(-c2nnc(C(C)NCC3(c4ccc(Cl)cc4Cl)CCOCC3)o2)cc1. The van der Waals surface area contributed by atoms with Crippen molar-refractivity contribution in [3.8, 4) is 11.5 Å². The molecule has 1 saturated heterocycles. The molecule has 2 aromatic carbocycles. The van der Waals surface area contributed by atoms with E-state index in [0.717, 1.165) is 30.5 Å². The van der Waals surface area contributed by atoms with Crippen molar-refractivity contribution < 1.29 is 9.15 Å². The van der Waals surface area contributed by atoms with Gasteiger partial charge in [0.2, 0.25) is 11.8 Å². The average molecular weight is 446 g/mol. The van der Waals surface area contributed by atoms with Gasteiger partial charge in [0.1, 0.15) is 0 Å². The molecule has 3 aromatic rings. The second-order valence-corrected chi connectivity index (χ2v) is 8.77. The van der Waals surface area contributed by atoms with E-state index in [-0.39, 0.29) is 11.5 Å².